The van der Waals surface area contributed by atoms with E-state index in [-0.39, 0.29) is 0 Å². The van der Waals surface area contributed by atoms with Gasteiger partial charge in [0.1, 0.15) is 0 Å². The van der Waals surface area contributed by atoms with Gasteiger partial charge in [0.25, 0.3) is 0 Å². The number of nitrogens with zero attached hydrogens (tertiary/aromatic N) is 2. The molecule has 128 valence electrons. The van der Waals surface area contributed by atoms with Gasteiger partial charge in [0, 0.05) is 19.1 Å². The Hall–Kier alpha value is -1.64. The van der Waals surface area contributed by atoms with E-state index in [1.807, 2.05) is 0 Å². The molecule has 0 unspecified atom stereocenters. The quantitative estimate of drug-likeness (QED) is 0.789. The number of piperidine rings is 1. The number of hydrogen-bond acceptors (Lipinski definition) is 2. The van der Waals surface area contributed by atoms with Crippen molar-refractivity contribution in [2.45, 2.75) is 38.8 Å². The maximum absolute atomic E-state index is 2.71. The maximum atomic E-state index is 2.71. The standard InChI is InChI=1S/C22H30N2/c1-19-8-10-21(11-9-19)18-24(22-13-15-23(2)16-14-22)17-12-20-6-4-3-5-7-20/h3-11,22H,12-18H2,1-2H3. The second-order valence-corrected chi connectivity index (χ2v) is 7.23. The SMILES string of the molecule is Cc1ccc(CN(CCc2ccccc2)C2CCN(C)CC2)cc1. The first kappa shape index (κ1) is 17.2. The lowest BCUT2D eigenvalue weighted by Crippen LogP contribution is -2.44. The van der Waals surface area contributed by atoms with Crippen molar-refractivity contribution in [1.82, 2.24) is 9.80 Å². The summed E-state index contributed by atoms with van der Waals surface area (Å²) in [5.74, 6) is 0. The van der Waals surface area contributed by atoms with E-state index in [9.17, 15) is 0 Å². The molecule has 0 aromatic heterocycles. The van der Waals surface area contributed by atoms with Crippen LogP contribution in [0.1, 0.15) is 29.5 Å². The van der Waals surface area contributed by atoms with Crippen molar-refractivity contribution in [2.75, 3.05) is 26.7 Å². The average molecular weight is 322 g/mol. The Morgan fingerprint density at radius 3 is 2.25 bits per heavy atom. The molecule has 0 bridgehead atoms. The van der Waals surface area contributed by atoms with Crippen molar-refractivity contribution in [2.24, 2.45) is 0 Å². The van der Waals surface area contributed by atoms with Crippen LogP contribution in [0.25, 0.3) is 0 Å². The van der Waals surface area contributed by atoms with Gasteiger partial charge in [-0.05, 0) is 57.5 Å². The molecular weight excluding hydrogens is 292 g/mol. The summed E-state index contributed by atoms with van der Waals surface area (Å²) >= 11 is 0. The monoisotopic (exact) mass is 322 g/mol. The highest BCUT2D eigenvalue weighted by atomic mass is 15.2. The summed E-state index contributed by atoms with van der Waals surface area (Å²) in [5, 5.41) is 0. The van der Waals surface area contributed by atoms with Crippen LogP contribution in [0.4, 0.5) is 0 Å². The minimum Gasteiger partial charge on any atom is -0.306 e. The van der Waals surface area contributed by atoms with Crippen LogP contribution in [0.5, 0.6) is 0 Å². The zero-order valence-electron chi connectivity index (χ0n) is 15.1. The molecule has 1 aliphatic heterocycles. The van der Waals surface area contributed by atoms with Crippen molar-refractivity contribution in [1.29, 1.82) is 0 Å². The van der Waals surface area contributed by atoms with Crippen molar-refractivity contribution < 1.29 is 0 Å². The normalized spacial score (nSPS) is 16.6. The number of hydrogen-bond donors (Lipinski definition) is 0. The van der Waals surface area contributed by atoms with E-state index < -0.39 is 0 Å². The molecule has 1 heterocycles. The first-order chi connectivity index (χ1) is 11.7. The van der Waals surface area contributed by atoms with Crippen LogP contribution in [-0.4, -0.2) is 42.5 Å². The summed E-state index contributed by atoms with van der Waals surface area (Å²) in [6.07, 6.45) is 3.72. The van der Waals surface area contributed by atoms with Crippen LogP contribution in [0, 0.1) is 6.92 Å². The number of rotatable bonds is 6. The predicted molar refractivity (Wildman–Crippen MR) is 102 cm³/mol. The van der Waals surface area contributed by atoms with Gasteiger partial charge < -0.3 is 4.90 Å². The number of likely N-dealkylation sites (tertiary alicyclic amines) is 1. The first-order valence-electron chi connectivity index (χ1n) is 9.23. The second-order valence-electron chi connectivity index (χ2n) is 7.23. The summed E-state index contributed by atoms with van der Waals surface area (Å²) in [5.41, 5.74) is 4.22. The smallest absolute Gasteiger partial charge is 0.0236 e. The molecule has 3 rings (SSSR count). The molecule has 0 amide bonds. The Labute approximate surface area is 147 Å². The zero-order chi connectivity index (χ0) is 16.8. The largest absolute Gasteiger partial charge is 0.306 e. The maximum Gasteiger partial charge on any atom is 0.0236 e. The van der Waals surface area contributed by atoms with Gasteiger partial charge in [0.2, 0.25) is 0 Å². The zero-order valence-corrected chi connectivity index (χ0v) is 15.1. The van der Waals surface area contributed by atoms with Crippen LogP contribution in [0.2, 0.25) is 0 Å². The fraction of sp³-hybridized carbons (Fsp3) is 0.455. The molecule has 2 aromatic rings. The molecule has 0 saturated carbocycles. The lowest BCUT2D eigenvalue weighted by molar-refractivity contribution is 0.115. The van der Waals surface area contributed by atoms with Crippen LogP contribution < -0.4 is 0 Å². The van der Waals surface area contributed by atoms with Gasteiger partial charge in [-0.3, -0.25) is 4.90 Å². The Morgan fingerprint density at radius 2 is 1.58 bits per heavy atom. The van der Waals surface area contributed by atoms with Gasteiger partial charge in [0.15, 0.2) is 0 Å². The van der Waals surface area contributed by atoms with Crippen molar-refractivity contribution in [3.63, 3.8) is 0 Å². The molecule has 1 fully saturated rings. The highest BCUT2D eigenvalue weighted by Gasteiger charge is 2.23. The third kappa shape index (κ3) is 4.93. The Kier molecular flexibility index (Phi) is 6.06. The van der Waals surface area contributed by atoms with E-state index in [2.05, 4.69) is 78.4 Å². The van der Waals surface area contributed by atoms with Gasteiger partial charge in [-0.2, -0.15) is 0 Å². The average Bonchev–Trinajstić information content (AvgIpc) is 2.62. The highest BCUT2D eigenvalue weighted by molar-refractivity contribution is 5.21. The van der Waals surface area contributed by atoms with E-state index in [4.69, 9.17) is 0 Å². The van der Waals surface area contributed by atoms with Gasteiger partial charge in [-0.25, -0.2) is 0 Å². The minimum absolute atomic E-state index is 0.714. The first-order valence-corrected chi connectivity index (χ1v) is 9.23. The fourth-order valence-corrected chi connectivity index (χ4v) is 3.60. The molecule has 0 radical (unpaired) electrons. The van der Waals surface area contributed by atoms with Crippen LogP contribution in [-0.2, 0) is 13.0 Å². The van der Waals surface area contributed by atoms with E-state index in [0.29, 0.717) is 6.04 Å². The summed E-state index contributed by atoms with van der Waals surface area (Å²) in [6, 6.07) is 20.7. The molecule has 0 spiro atoms. The van der Waals surface area contributed by atoms with Crippen LogP contribution in [0.15, 0.2) is 54.6 Å². The molecule has 0 atom stereocenters. The predicted octanol–water partition coefficient (Wildman–Crippen LogP) is 4.13. The summed E-state index contributed by atoms with van der Waals surface area (Å²) in [7, 11) is 2.24. The molecule has 2 heteroatoms. The molecule has 0 aliphatic carbocycles. The van der Waals surface area contributed by atoms with Crippen molar-refractivity contribution >= 4 is 0 Å². The lowest BCUT2D eigenvalue weighted by atomic mass is 10.0. The van der Waals surface area contributed by atoms with Gasteiger partial charge in [0.05, 0.1) is 0 Å². The molecule has 0 N–H and O–H groups in total. The van der Waals surface area contributed by atoms with E-state index in [0.717, 1.165) is 19.5 Å². The molecule has 1 aliphatic rings. The van der Waals surface area contributed by atoms with E-state index >= 15 is 0 Å². The molecule has 2 aromatic carbocycles. The van der Waals surface area contributed by atoms with Gasteiger partial charge >= 0.3 is 0 Å². The Morgan fingerprint density at radius 1 is 0.917 bits per heavy atom. The molecule has 24 heavy (non-hydrogen) atoms. The minimum atomic E-state index is 0.714. The number of aryl methyl sites for hydroxylation is 1. The second kappa shape index (κ2) is 8.46. The Bertz CT molecular complexity index is 598. The van der Waals surface area contributed by atoms with Gasteiger partial charge in [-0.15, -0.1) is 0 Å². The lowest BCUT2D eigenvalue weighted by Gasteiger charge is -2.37. The molecular formula is C22H30N2. The van der Waals surface area contributed by atoms with Crippen LogP contribution in [0.3, 0.4) is 0 Å². The highest BCUT2D eigenvalue weighted by Crippen LogP contribution is 2.19. The van der Waals surface area contributed by atoms with Crippen molar-refractivity contribution in [3.8, 4) is 0 Å². The molecule has 2 nitrogen and oxygen atoms in total. The van der Waals surface area contributed by atoms with Crippen molar-refractivity contribution in [3.05, 3.63) is 71.3 Å². The summed E-state index contributed by atoms with van der Waals surface area (Å²) < 4.78 is 0. The third-order valence-electron chi connectivity index (χ3n) is 5.24. The topological polar surface area (TPSA) is 6.48 Å². The summed E-state index contributed by atoms with van der Waals surface area (Å²) in [6.45, 7) is 6.82. The van der Waals surface area contributed by atoms with E-state index in [1.54, 1.807) is 0 Å². The fourth-order valence-electron chi connectivity index (χ4n) is 3.60. The molecule has 1 saturated heterocycles. The van der Waals surface area contributed by atoms with Crippen LogP contribution >= 0.6 is 0 Å². The third-order valence-corrected chi connectivity index (χ3v) is 5.24. The summed E-state index contributed by atoms with van der Waals surface area (Å²) in [4.78, 5) is 5.17. The van der Waals surface area contributed by atoms with Gasteiger partial charge in [-0.1, -0.05) is 60.2 Å². The Balaban J connectivity index is 1.66. The van der Waals surface area contributed by atoms with E-state index in [1.165, 1.54) is 42.6 Å². The number of benzene rings is 2.